The third-order valence-electron chi connectivity index (χ3n) is 2.10. The lowest BCUT2D eigenvalue weighted by Crippen LogP contribution is -2.24. The highest BCUT2D eigenvalue weighted by atomic mass is 16.2. The van der Waals surface area contributed by atoms with Gasteiger partial charge in [0.15, 0.2) is 5.49 Å². The SMILES string of the molecule is O=C1N=c2cc3ccccc3nc2=N1. The maximum atomic E-state index is 10.9. The Morgan fingerprint density at radius 2 is 1.93 bits per heavy atom. The first kappa shape index (κ1) is 7.32. The number of rotatable bonds is 0. The van der Waals surface area contributed by atoms with Gasteiger partial charge in [-0.1, -0.05) is 18.2 Å². The van der Waals surface area contributed by atoms with Crippen LogP contribution in [0.4, 0.5) is 4.79 Å². The summed E-state index contributed by atoms with van der Waals surface area (Å²) in [4.78, 5) is 22.6. The summed E-state index contributed by atoms with van der Waals surface area (Å²) in [5.41, 5.74) is 1.26. The molecule has 0 aliphatic carbocycles. The molecule has 0 fully saturated rings. The molecule has 0 radical (unpaired) electrons. The fraction of sp³-hybridized carbons (Fsp3) is 0. The second kappa shape index (κ2) is 2.45. The van der Waals surface area contributed by atoms with Crippen LogP contribution < -0.4 is 10.8 Å². The van der Waals surface area contributed by atoms with Crippen molar-refractivity contribution in [1.82, 2.24) is 4.98 Å². The molecule has 3 rings (SSSR count). The molecule has 14 heavy (non-hydrogen) atoms. The van der Waals surface area contributed by atoms with Gasteiger partial charge in [0, 0.05) is 5.39 Å². The van der Waals surface area contributed by atoms with Crippen molar-refractivity contribution >= 4 is 16.9 Å². The molecule has 2 heterocycles. The fourth-order valence-electron chi connectivity index (χ4n) is 1.48. The van der Waals surface area contributed by atoms with Crippen LogP contribution in [0.1, 0.15) is 0 Å². The van der Waals surface area contributed by atoms with Gasteiger partial charge in [0.1, 0.15) is 5.36 Å². The Balaban J connectivity index is 2.56. The largest absolute Gasteiger partial charge is 0.369 e. The average Bonchev–Trinajstić information content (AvgIpc) is 2.53. The van der Waals surface area contributed by atoms with Crippen LogP contribution in [0.25, 0.3) is 10.9 Å². The van der Waals surface area contributed by atoms with Crippen LogP contribution in [0.15, 0.2) is 40.3 Å². The van der Waals surface area contributed by atoms with Gasteiger partial charge in [0.2, 0.25) is 0 Å². The number of hydrogen-bond acceptors (Lipinski definition) is 2. The molecule has 0 spiro atoms. The lowest BCUT2D eigenvalue weighted by molar-refractivity contribution is 0.256. The number of carbonyl (C=O) groups excluding carboxylic acids is 1. The molecule has 4 nitrogen and oxygen atoms in total. The molecule has 66 valence electrons. The Morgan fingerprint density at radius 1 is 1.07 bits per heavy atom. The molecule has 2 amide bonds. The second-order valence-electron chi connectivity index (χ2n) is 3.03. The Hall–Kier alpha value is -2.10. The highest BCUT2D eigenvalue weighted by molar-refractivity contribution is 5.81. The van der Waals surface area contributed by atoms with Gasteiger partial charge in [0.05, 0.1) is 5.52 Å². The summed E-state index contributed by atoms with van der Waals surface area (Å²) < 4.78 is 0. The van der Waals surface area contributed by atoms with Crippen molar-refractivity contribution in [3.8, 4) is 0 Å². The van der Waals surface area contributed by atoms with E-state index < -0.39 is 6.03 Å². The number of urea groups is 1. The van der Waals surface area contributed by atoms with Gasteiger partial charge in [-0.2, -0.15) is 9.98 Å². The molecule has 0 saturated carbocycles. The summed E-state index contributed by atoms with van der Waals surface area (Å²) in [5, 5.41) is 1.54. The van der Waals surface area contributed by atoms with E-state index in [-0.39, 0.29) is 0 Å². The fourth-order valence-corrected chi connectivity index (χ4v) is 1.48. The molecule has 1 aliphatic heterocycles. The lowest BCUT2D eigenvalue weighted by atomic mass is 10.2. The Labute approximate surface area is 78.6 Å². The van der Waals surface area contributed by atoms with E-state index >= 15 is 0 Å². The van der Waals surface area contributed by atoms with E-state index in [1.54, 1.807) is 0 Å². The van der Waals surface area contributed by atoms with Crippen LogP contribution >= 0.6 is 0 Å². The van der Waals surface area contributed by atoms with Crippen LogP contribution in [0, 0.1) is 0 Å². The van der Waals surface area contributed by atoms with Gasteiger partial charge in [-0.05, 0) is 12.1 Å². The molecule has 0 N–H and O–H groups in total. The highest BCUT2D eigenvalue weighted by Crippen LogP contribution is 2.05. The number of amides is 2. The van der Waals surface area contributed by atoms with E-state index in [2.05, 4.69) is 15.0 Å². The first-order valence-corrected chi connectivity index (χ1v) is 4.20. The van der Waals surface area contributed by atoms with Crippen LogP contribution in [0.3, 0.4) is 0 Å². The third-order valence-corrected chi connectivity index (χ3v) is 2.10. The smallest absolute Gasteiger partial charge is 0.244 e. The van der Waals surface area contributed by atoms with Crippen molar-refractivity contribution in [2.24, 2.45) is 9.98 Å². The molecule has 4 heteroatoms. The van der Waals surface area contributed by atoms with Crippen molar-refractivity contribution in [3.05, 3.63) is 41.2 Å². The third kappa shape index (κ3) is 0.939. The van der Waals surface area contributed by atoms with Crippen molar-refractivity contribution in [2.75, 3.05) is 0 Å². The number of para-hydroxylation sites is 1. The van der Waals surface area contributed by atoms with E-state index in [0.29, 0.717) is 10.8 Å². The molecule has 1 aromatic heterocycles. The van der Waals surface area contributed by atoms with Crippen molar-refractivity contribution < 1.29 is 4.79 Å². The van der Waals surface area contributed by atoms with Crippen LogP contribution in [0.5, 0.6) is 0 Å². The molecule has 0 saturated heterocycles. The summed E-state index contributed by atoms with van der Waals surface area (Å²) in [6.45, 7) is 0. The maximum absolute atomic E-state index is 10.9. The van der Waals surface area contributed by atoms with Crippen molar-refractivity contribution in [1.29, 1.82) is 0 Å². The number of nitrogens with zero attached hydrogens (tertiary/aromatic N) is 3. The highest BCUT2D eigenvalue weighted by Gasteiger charge is 2.06. The summed E-state index contributed by atoms with van der Waals surface area (Å²) in [6.07, 6.45) is 0. The van der Waals surface area contributed by atoms with Crippen LogP contribution in [-0.2, 0) is 0 Å². The van der Waals surface area contributed by atoms with Gasteiger partial charge in [-0.15, -0.1) is 0 Å². The first-order valence-electron chi connectivity index (χ1n) is 4.20. The summed E-state index contributed by atoms with van der Waals surface area (Å²) in [6, 6.07) is 8.99. The first-order chi connectivity index (χ1) is 6.83. The molecule has 1 aromatic carbocycles. The molecule has 1 aliphatic rings. The number of aromatic nitrogens is 1. The second-order valence-corrected chi connectivity index (χ2v) is 3.03. The van der Waals surface area contributed by atoms with Gasteiger partial charge < -0.3 is 0 Å². The number of carbonyl (C=O) groups is 1. The Kier molecular flexibility index (Phi) is 1.28. The molecule has 0 bridgehead atoms. The van der Waals surface area contributed by atoms with E-state index in [9.17, 15) is 4.79 Å². The maximum Gasteiger partial charge on any atom is 0.369 e. The zero-order valence-corrected chi connectivity index (χ0v) is 7.14. The molecule has 0 atom stereocenters. The van der Waals surface area contributed by atoms with E-state index in [1.807, 2.05) is 30.3 Å². The Morgan fingerprint density at radius 3 is 2.86 bits per heavy atom. The minimum atomic E-state index is -0.470. The normalized spacial score (nSPS) is 13.6. The summed E-state index contributed by atoms with van der Waals surface area (Å²) in [7, 11) is 0. The number of hydrogen-bond donors (Lipinski definition) is 0. The monoisotopic (exact) mass is 183 g/mol. The van der Waals surface area contributed by atoms with E-state index in [4.69, 9.17) is 0 Å². The van der Waals surface area contributed by atoms with E-state index in [0.717, 1.165) is 10.9 Å². The van der Waals surface area contributed by atoms with Gasteiger partial charge >= 0.3 is 6.03 Å². The van der Waals surface area contributed by atoms with Crippen LogP contribution in [-0.4, -0.2) is 11.0 Å². The molecular formula is C10H5N3O. The number of pyridine rings is 1. The van der Waals surface area contributed by atoms with Gasteiger partial charge in [-0.3, -0.25) is 0 Å². The molecule has 0 unspecified atom stereocenters. The zero-order chi connectivity index (χ0) is 9.54. The average molecular weight is 183 g/mol. The summed E-state index contributed by atoms with van der Waals surface area (Å²) in [5.74, 6) is 0. The zero-order valence-electron chi connectivity index (χ0n) is 7.14. The number of benzene rings is 1. The quantitative estimate of drug-likeness (QED) is 0.600. The molecular weight excluding hydrogens is 178 g/mol. The van der Waals surface area contributed by atoms with Gasteiger partial charge in [0.25, 0.3) is 0 Å². The summed E-state index contributed by atoms with van der Waals surface area (Å²) >= 11 is 0. The topological polar surface area (TPSA) is 54.7 Å². The predicted molar refractivity (Wildman–Crippen MR) is 49.5 cm³/mol. The van der Waals surface area contributed by atoms with Crippen molar-refractivity contribution in [3.63, 3.8) is 0 Å². The predicted octanol–water partition coefficient (Wildman–Crippen LogP) is 0.608. The minimum Gasteiger partial charge on any atom is -0.244 e. The standard InChI is InChI=1S/C10H5N3O/c14-10-12-8-5-6-3-1-2-4-7(6)11-9(8)13-10/h1-5H. The number of fused-ring (bicyclic) bond motifs is 2. The molecule has 2 aromatic rings. The van der Waals surface area contributed by atoms with Crippen LogP contribution in [0.2, 0.25) is 0 Å². The van der Waals surface area contributed by atoms with Gasteiger partial charge in [-0.25, -0.2) is 9.78 Å². The minimum absolute atomic E-state index is 0.425. The van der Waals surface area contributed by atoms with E-state index in [1.165, 1.54) is 0 Å². The Bertz CT molecular complexity index is 604. The lowest BCUT2D eigenvalue weighted by Gasteiger charge is -1.92. The van der Waals surface area contributed by atoms with Crippen molar-refractivity contribution in [2.45, 2.75) is 0 Å².